The molecule has 3 heterocycles. The monoisotopic (exact) mass is 361 g/mol. The summed E-state index contributed by atoms with van der Waals surface area (Å²) < 4.78 is 25.8. The summed E-state index contributed by atoms with van der Waals surface area (Å²) in [4.78, 5) is 2.45. The Balaban J connectivity index is 1.38. The molecule has 0 bridgehead atoms. The van der Waals surface area contributed by atoms with Crippen molar-refractivity contribution in [1.29, 1.82) is 0 Å². The summed E-state index contributed by atoms with van der Waals surface area (Å²) in [7, 11) is -2.72. The van der Waals surface area contributed by atoms with Gasteiger partial charge in [0, 0.05) is 38.3 Å². The molecule has 3 rings (SSSR count). The van der Waals surface area contributed by atoms with Gasteiger partial charge in [-0.05, 0) is 34.7 Å². The van der Waals surface area contributed by atoms with Crippen LogP contribution in [-0.4, -0.2) is 54.2 Å². The highest BCUT2D eigenvalue weighted by atomic mass is 79.9. The Morgan fingerprint density at radius 2 is 1.90 bits per heavy atom. The molecule has 7 heteroatoms. The van der Waals surface area contributed by atoms with Gasteiger partial charge in [-0.25, -0.2) is 8.42 Å². The zero-order valence-electron chi connectivity index (χ0n) is 11.4. The Morgan fingerprint density at radius 1 is 1.20 bits per heavy atom. The lowest BCUT2D eigenvalue weighted by Gasteiger charge is -2.41. The molecule has 0 aromatic carbocycles. The smallest absolute Gasteiger partial charge is 0.150 e. The second-order valence-electron chi connectivity index (χ2n) is 6.06. The SMILES string of the molecule is O=S1(=O)CCC(CN2CC(Cn3cc(Br)cn3)C2)CC1. The molecule has 1 aromatic heterocycles. The third-order valence-electron chi connectivity index (χ3n) is 4.27. The fraction of sp³-hybridized carbons (Fsp3) is 0.769. The van der Waals surface area contributed by atoms with Gasteiger partial charge in [0.15, 0.2) is 0 Å². The molecule has 0 atom stereocenters. The van der Waals surface area contributed by atoms with E-state index in [9.17, 15) is 8.42 Å². The third kappa shape index (κ3) is 3.62. The topological polar surface area (TPSA) is 55.2 Å². The number of halogens is 1. The molecule has 2 aliphatic rings. The number of sulfone groups is 1. The van der Waals surface area contributed by atoms with E-state index in [1.54, 1.807) is 0 Å². The fourth-order valence-electron chi connectivity index (χ4n) is 3.13. The molecule has 20 heavy (non-hydrogen) atoms. The summed E-state index contributed by atoms with van der Waals surface area (Å²) in [6.07, 6.45) is 5.51. The summed E-state index contributed by atoms with van der Waals surface area (Å²) in [5.41, 5.74) is 0. The van der Waals surface area contributed by atoms with Crippen molar-refractivity contribution in [3.63, 3.8) is 0 Å². The zero-order chi connectivity index (χ0) is 14.2. The predicted molar refractivity (Wildman–Crippen MR) is 81.2 cm³/mol. The molecule has 2 fully saturated rings. The minimum absolute atomic E-state index is 0.385. The maximum atomic E-state index is 11.4. The highest BCUT2D eigenvalue weighted by molar-refractivity contribution is 9.10. The van der Waals surface area contributed by atoms with Gasteiger partial charge < -0.3 is 4.90 Å². The number of aromatic nitrogens is 2. The summed E-state index contributed by atoms with van der Waals surface area (Å²) in [6.45, 7) is 4.26. The van der Waals surface area contributed by atoms with Crippen LogP contribution in [-0.2, 0) is 16.4 Å². The minimum atomic E-state index is -2.72. The Hall–Kier alpha value is -0.400. The van der Waals surface area contributed by atoms with Crippen LogP contribution < -0.4 is 0 Å². The molecule has 5 nitrogen and oxygen atoms in total. The van der Waals surface area contributed by atoms with E-state index < -0.39 is 9.84 Å². The first-order valence-corrected chi connectivity index (χ1v) is 9.72. The standard InChI is InChI=1S/C13H20BrN3O2S/c14-13-5-15-17(10-13)9-12-7-16(8-12)6-11-1-3-20(18,19)4-2-11/h5,10-12H,1-4,6-9H2. The van der Waals surface area contributed by atoms with Gasteiger partial charge in [-0.1, -0.05) is 0 Å². The molecular weight excluding hydrogens is 342 g/mol. The van der Waals surface area contributed by atoms with E-state index in [1.807, 2.05) is 17.1 Å². The second kappa shape index (κ2) is 5.77. The molecule has 2 aliphatic heterocycles. The van der Waals surface area contributed by atoms with Crippen molar-refractivity contribution in [3.05, 3.63) is 16.9 Å². The minimum Gasteiger partial charge on any atom is -0.302 e. The Bertz CT molecular complexity index is 552. The lowest BCUT2D eigenvalue weighted by atomic mass is 9.95. The molecule has 112 valence electrons. The van der Waals surface area contributed by atoms with E-state index in [-0.39, 0.29) is 0 Å². The number of rotatable bonds is 4. The van der Waals surface area contributed by atoms with Gasteiger partial charge in [-0.2, -0.15) is 5.10 Å². The Labute approximate surface area is 128 Å². The van der Waals surface area contributed by atoms with Crippen LogP contribution in [0.3, 0.4) is 0 Å². The number of nitrogens with zero attached hydrogens (tertiary/aromatic N) is 3. The summed E-state index contributed by atoms with van der Waals surface area (Å²) in [5, 5.41) is 4.28. The zero-order valence-corrected chi connectivity index (χ0v) is 13.8. The van der Waals surface area contributed by atoms with E-state index in [0.717, 1.165) is 43.5 Å². The third-order valence-corrected chi connectivity index (χ3v) is 6.40. The van der Waals surface area contributed by atoms with Crippen LogP contribution in [0.5, 0.6) is 0 Å². The Morgan fingerprint density at radius 3 is 2.50 bits per heavy atom. The van der Waals surface area contributed by atoms with E-state index in [0.29, 0.717) is 23.3 Å². The van der Waals surface area contributed by atoms with Crippen LogP contribution in [0.15, 0.2) is 16.9 Å². The lowest BCUT2D eigenvalue weighted by molar-refractivity contribution is 0.0664. The maximum Gasteiger partial charge on any atom is 0.150 e. The molecule has 0 radical (unpaired) electrons. The summed E-state index contributed by atoms with van der Waals surface area (Å²) >= 11 is 3.41. The molecule has 0 unspecified atom stereocenters. The number of hydrogen-bond acceptors (Lipinski definition) is 4. The fourth-order valence-corrected chi connectivity index (χ4v) is 5.05. The van der Waals surface area contributed by atoms with Crippen molar-refractivity contribution >= 4 is 25.8 Å². The summed E-state index contributed by atoms with van der Waals surface area (Å²) in [5.74, 6) is 2.01. The average molecular weight is 362 g/mol. The van der Waals surface area contributed by atoms with Crippen molar-refractivity contribution < 1.29 is 8.42 Å². The summed E-state index contributed by atoms with van der Waals surface area (Å²) in [6, 6.07) is 0. The van der Waals surface area contributed by atoms with Gasteiger partial charge in [0.1, 0.15) is 9.84 Å². The molecule has 0 amide bonds. The molecule has 0 spiro atoms. The van der Waals surface area contributed by atoms with Gasteiger partial charge in [-0.15, -0.1) is 0 Å². The van der Waals surface area contributed by atoms with Crippen LogP contribution in [0.1, 0.15) is 12.8 Å². The first kappa shape index (κ1) is 14.5. The van der Waals surface area contributed by atoms with Gasteiger partial charge in [0.05, 0.1) is 22.2 Å². The van der Waals surface area contributed by atoms with Crippen molar-refractivity contribution in [2.45, 2.75) is 19.4 Å². The highest BCUT2D eigenvalue weighted by Gasteiger charge is 2.31. The van der Waals surface area contributed by atoms with Crippen molar-refractivity contribution in [1.82, 2.24) is 14.7 Å². The molecule has 2 saturated heterocycles. The van der Waals surface area contributed by atoms with Crippen LogP contribution in [0.4, 0.5) is 0 Å². The quantitative estimate of drug-likeness (QED) is 0.813. The van der Waals surface area contributed by atoms with E-state index in [1.165, 1.54) is 0 Å². The van der Waals surface area contributed by atoms with Gasteiger partial charge in [0.2, 0.25) is 0 Å². The van der Waals surface area contributed by atoms with Gasteiger partial charge in [0.25, 0.3) is 0 Å². The highest BCUT2D eigenvalue weighted by Crippen LogP contribution is 2.25. The number of likely N-dealkylation sites (tertiary alicyclic amines) is 1. The van der Waals surface area contributed by atoms with Gasteiger partial charge in [-0.3, -0.25) is 4.68 Å². The average Bonchev–Trinajstić information content (AvgIpc) is 2.74. The van der Waals surface area contributed by atoms with E-state index in [2.05, 4.69) is 25.9 Å². The first-order valence-electron chi connectivity index (χ1n) is 7.11. The predicted octanol–water partition coefficient (Wildman–Crippen LogP) is 1.40. The van der Waals surface area contributed by atoms with Gasteiger partial charge >= 0.3 is 0 Å². The second-order valence-corrected chi connectivity index (χ2v) is 9.28. The normalized spacial score (nSPS) is 24.6. The molecule has 0 aliphatic carbocycles. The van der Waals surface area contributed by atoms with Crippen molar-refractivity contribution in [3.8, 4) is 0 Å². The number of hydrogen-bond donors (Lipinski definition) is 0. The molecule has 1 aromatic rings. The van der Waals surface area contributed by atoms with Crippen LogP contribution >= 0.6 is 15.9 Å². The first-order chi connectivity index (χ1) is 9.50. The molecular formula is C13H20BrN3O2S. The van der Waals surface area contributed by atoms with Crippen molar-refractivity contribution in [2.24, 2.45) is 11.8 Å². The van der Waals surface area contributed by atoms with E-state index in [4.69, 9.17) is 0 Å². The van der Waals surface area contributed by atoms with Crippen LogP contribution in [0, 0.1) is 11.8 Å². The maximum absolute atomic E-state index is 11.4. The lowest BCUT2D eigenvalue weighted by Crippen LogP contribution is -2.50. The van der Waals surface area contributed by atoms with Crippen molar-refractivity contribution in [2.75, 3.05) is 31.1 Å². The molecule has 0 N–H and O–H groups in total. The van der Waals surface area contributed by atoms with Crippen LogP contribution in [0.2, 0.25) is 0 Å². The van der Waals surface area contributed by atoms with E-state index >= 15 is 0 Å². The molecule has 0 saturated carbocycles. The Kier molecular flexibility index (Phi) is 4.19. The largest absolute Gasteiger partial charge is 0.302 e. The van der Waals surface area contributed by atoms with Crippen LogP contribution in [0.25, 0.3) is 0 Å².